The molecule has 0 spiro atoms. The molecule has 1 fully saturated rings. The molecule has 0 bridgehead atoms. The second-order valence-corrected chi connectivity index (χ2v) is 5.43. The largest absolute Gasteiger partial charge is 0.393 e. The first-order chi connectivity index (χ1) is 7.59. The minimum absolute atomic E-state index is 0.0579. The number of aliphatic hydroxyl groups excluding tert-OH is 1. The van der Waals surface area contributed by atoms with Gasteiger partial charge in [-0.25, -0.2) is 0 Å². The Morgan fingerprint density at radius 2 is 2.19 bits per heavy atom. The van der Waals surface area contributed by atoms with E-state index < -0.39 is 0 Å². The quantitative estimate of drug-likeness (QED) is 0.681. The van der Waals surface area contributed by atoms with Crippen LogP contribution < -0.4 is 5.32 Å². The molecule has 94 valence electrons. The van der Waals surface area contributed by atoms with Crippen LogP contribution in [-0.4, -0.2) is 23.8 Å². The molecule has 3 unspecified atom stereocenters. The first-order valence-corrected chi connectivity index (χ1v) is 6.64. The maximum Gasteiger partial charge on any atom is 0.0580 e. The molecule has 2 N–H and O–H groups in total. The first kappa shape index (κ1) is 13.7. The SMILES string of the molecule is CC(C)=CCCC(C)NCC1CCCC1O. The zero-order chi connectivity index (χ0) is 12.0. The van der Waals surface area contributed by atoms with Crippen LogP contribution in [0.1, 0.15) is 52.9 Å². The number of rotatable bonds is 6. The Balaban J connectivity index is 2.10. The summed E-state index contributed by atoms with van der Waals surface area (Å²) in [6.07, 6.45) is 7.96. The summed E-state index contributed by atoms with van der Waals surface area (Å²) in [7, 11) is 0. The van der Waals surface area contributed by atoms with Gasteiger partial charge in [-0.05, 0) is 52.4 Å². The Hall–Kier alpha value is -0.340. The van der Waals surface area contributed by atoms with Crippen LogP contribution >= 0.6 is 0 Å². The molecule has 16 heavy (non-hydrogen) atoms. The lowest BCUT2D eigenvalue weighted by molar-refractivity contribution is 0.130. The average molecular weight is 225 g/mol. The van der Waals surface area contributed by atoms with Gasteiger partial charge in [0.25, 0.3) is 0 Å². The molecule has 0 aromatic heterocycles. The van der Waals surface area contributed by atoms with Gasteiger partial charge in [0.1, 0.15) is 0 Å². The van der Waals surface area contributed by atoms with Crippen molar-refractivity contribution in [3.8, 4) is 0 Å². The van der Waals surface area contributed by atoms with E-state index in [2.05, 4.69) is 32.2 Å². The third-order valence-electron chi connectivity index (χ3n) is 3.50. The highest BCUT2D eigenvalue weighted by Crippen LogP contribution is 2.24. The summed E-state index contributed by atoms with van der Waals surface area (Å²) < 4.78 is 0. The minimum atomic E-state index is -0.0579. The first-order valence-electron chi connectivity index (χ1n) is 6.64. The summed E-state index contributed by atoms with van der Waals surface area (Å²) in [5.74, 6) is 0.492. The fraction of sp³-hybridized carbons (Fsp3) is 0.857. The van der Waals surface area contributed by atoms with Gasteiger partial charge in [0, 0.05) is 12.6 Å². The van der Waals surface area contributed by atoms with Crippen molar-refractivity contribution in [3.05, 3.63) is 11.6 Å². The second kappa shape index (κ2) is 7.08. The Kier molecular flexibility index (Phi) is 6.07. The summed E-state index contributed by atoms with van der Waals surface area (Å²) in [6, 6.07) is 0.559. The zero-order valence-corrected chi connectivity index (χ0v) is 11.0. The number of nitrogens with one attached hydrogen (secondary N) is 1. The summed E-state index contributed by atoms with van der Waals surface area (Å²) in [4.78, 5) is 0. The van der Waals surface area contributed by atoms with Crippen molar-refractivity contribution in [2.75, 3.05) is 6.54 Å². The zero-order valence-electron chi connectivity index (χ0n) is 11.0. The lowest BCUT2D eigenvalue weighted by atomic mass is 10.1. The van der Waals surface area contributed by atoms with E-state index in [1.807, 2.05) is 0 Å². The summed E-state index contributed by atoms with van der Waals surface area (Å²) in [6.45, 7) is 7.51. The number of hydrogen-bond donors (Lipinski definition) is 2. The molecule has 1 rings (SSSR count). The smallest absolute Gasteiger partial charge is 0.0580 e. The van der Waals surface area contributed by atoms with Crippen LogP contribution in [0, 0.1) is 5.92 Å². The highest BCUT2D eigenvalue weighted by atomic mass is 16.3. The lowest BCUT2D eigenvalue weighted by Crippen LogP contribution is -2.33. The van der Waals surface area contributed by atoms with E-state index in [4.69, 9.17) is 0 Å². The molecule has 0 aliphatic heterocycles. The third kappa shape index (κ3) is 5.13. The Morgan fingerprint density at radius 3 is 2.75 bits per heavy atom. The molecule has 3 atom stereocenters. The van der Waals surface area contributed by atoms with Gasteiger partial charge < -0.3 is 10.4 Å². The van der Waals surface area contributed by atoms with Crippen LogP contribution in [-0.2, 0) is 0 Å². The van der Waals surface area contributed by atoms with Crippen LogP contribution in [0.2, 0.25) is 0 Å². The number of aliphatic hydroxyl groups is 1. The van der Waals surface area contributed by atoms with Crippen molar-refractivity contribution < 1.29 is 5.11 Å². The fourth-order valence-electron chi connectivity index (χ4n) is 2.33. The molecule has 0 aromatic carbocycles. The summed E-state index contributed by atoms with van der Waals surface area (Å²) >= 11 is 0. The Bertz CT molecular complexity index is 221. The van der Waals surface area contributed by atoms with E-state index in [1.165, 1.54) is 24.8 Å². The van der Waals surface area contributed by atoms with Gasteiger partial charge in [-0.3, -0.25) is 0 Å². The van der Waals surface area contributed by atoms with Gasteiger partial charge in [0.05, 0.1) is 6.10 Å². The van der Waals surface area contributed by atoms with E-state index in [-0.39, 0.29) is 6.10 Å². The monoisotopic (exact) mass is 225 g/mol. The summed E-state index contributed by atoms with van der Waals surface area (Å²) in [5.41, 5.74) is 1.40. The number of hydrogen-bond acceptors (Lipinski definition) is 2. The van der Waals surface area contributed by atoms with Gasteiger partial charge in [0.15, 0.2) is 0 Å². The molecule has 0 radical (unpaired) electrons. The molecule has 2 nitrogen and oxygen atoms in total. The molecule has 0 amide bonds. The molecule has 0 heterocycles. The summed E-state index contributed by atoms with van der Waals surface area (Å²) in [5, 5.41) is 13.2. The molecular formula is C14H27NO. The molecule has 0 aromatic rings. The number of allylic oxidation sites excluding steroid dienone is 2. The van der Waals surface area contributed by atoms with Crippen LogP contribution in [0.4, 0.5) is 0 Å². The predicted molar refractivity (Wildman–Crippen MR) is 69.5 cm³/mol. The van der Waals surface area contributed by atoms with E-state index in [0.717, 1.165) is 19.4 Å². The minimum Gasteiger partial charge on any atom is -0.393 e. The maximum absolute atomic E-state index is 9.70. The van der Waals surface area contributed by atoms with Gasteiger partial charge in [-0.1, -0.05) is 18.1 Å². The van der Waals surface area contributed by atoms with Crippen molar-refractivity contribution >= 4 is 0 Å². The van der Waals surface area contributed by atoms with Crippen molar-refractivity contribution in [3.63, 3.8) is 0 Å². The standard InChI is InChI=1S/C14H27NO/c1-11(2)6-4-7-12(3)15-10-13-8-5-9-14(13)16/h6,12-16H,4-5,7-10H2,1-3H3. The molecular weight excluding hydrogens is 198 g/mol. The third-order valence-corrected chi connectivity index (χ3v) is 3.50. The molecule has 0 saturated heterocycles. The Labute approximate surface area is 100 Å². The predicted octanol–water partition coefficient (Wildman–Crippen LogP) is 2.87. The van der Waals surface area contributed by atoms with Crippen LogP contribution in [0.25, 0.3) is 0 Å². The van der Waals surface area contributed by atoms with Gasteiger partial charge in [-0.15, -0.1) is 0 Å². The van der Waals surface area contributed by atoms with E-state index in [9.17, 15) is 5.11 Å². The molecule has 1 aliphatic rings. The topological polar surface area (TPSA) is 32.3 Å². The van der Waals surface area contributed by atoms with Gasteiger partial charge >= 0.3 is 0 Å². The van der Waals surface area contributed by atoms with Gasteiger partial charge in [-0.2, -0.15) is 0 Å². The molecule has 1 aliphatic carbocycles. The molecule has 1 saturated carbocycles. The second-order valence-electron chi connectivity index (χ2n) is 5.43. The van der Waals surface area contributed by atoms with Crippen LogP contribution in [0.15, 0.2) is 11.6 Å². The maximum atomic E-state index is 9.70. The highest BCUT2D eigenvalue weighted by Gasteiger charge is 2.24. The van der Waals surface area contributed by atoms with Crippen molar-refractivity contribution in [1.82, 2.24) is 5.32 Å². The van der Waals surface area contributed by atoms with Gasteiger partial charge in [0.2, 0.25) is 0 Å². The lowest BCUT2D eigenvalue weighted by Gasteiger charge is -2.19. The van der Waals surface area contributed by atoms with Crippen LogP contribution in [0.3, 0.4) is 0 Å². The Morgan fingerprint density at radius 1 is 1.44 bits per heavy atom. The van der Waals surface area contributed by atoms with Crippen molar-refractivity contribution in [1.29, 1.82) is 0 Å². The van der Waals surface area contributed by atoms with Crippen LogP contribution in [0.5, 0.6) is 0 Å². The highest BCUT2D eigenvalue weighted by molar-refractivity contribution is 4.93. The fourth-order valence-corrected chi connectivity index (χ4v) is 2.33. The van der Waals surface area contributed by atoms with E-state index in [0.29, 0.717) is 12.0 Å². The normalized spacial score (nSPS) is 26.8. The molecule has 2 heteroatoms. The average Bonchev–Trinajstić information content (AvgIpc) is 2.60. The van der Waals surface area contributed by atoms with E-state index in [1.54, 1.807) is 0 Å². The van der Waals surface area contributed by atoms with E-state index >= 15 is 0 Å². The van der Waals surface area contributed by atoms with Crippen molar-refractivity contribution in [2.45, 2.75) is 65.0 Å². The van der Waals surface area contributed by atoms with Crippen molar-refractivity contribution in [2.24, 2.45) is 5.92 Å².